The second kappa shape index (κ2) is 10.8. The first-order chi connectivity index (χ1) is 17.2. The maximum atomic E-state index is 13.5. The van der Waals surface area contributed by atoms with Gasteiger partial charge in [-0.2, -0.15) is 0 Å². The highest BCUT2D eigenvalue weighted by molar-refractivity contribution is 7.11. The topological polar surface area (TPSA) is 63.5 Å². The summed E-state index contributed by atoms with van der Waals surface area (Å²) >= 11 is 1.37. The molecule has 1 saturated heterocycles. The highest BCUT2D eigenvalue weighted by Crippen LogP contribution is 2.27. The average molecular weight is 488 g/mol. The number of piperidine rings is 1. The highest BCUT2D eigenvalue weighted by Gasteiger charge is 2.32. The van der Waals surface area contributed by atoms with Gasteiger partial charge in [-0.25, -0.2) is 9.67 Å². The molecule has 0 unspecified atom stereocenters. The number of likely N-dealkylation sites (tertiary alicyclic amines) is 1. The summed E-state index contributed by atoms with van der Waals surface area (Å²) in [5.41, 5.74) is 2.23. The van der Waals surface area contributed by atoms with Gasteiger partial charge in [-0.3, -0.25) is 14.6 Å². The number of thiazole rings is 1. The summed E-state index contributed by atoms with van der Waals surface area (Å²) in [6.07, 6.45) is 5.36. The zero-order chi connectivity index (χ0) is 24.0. The third-order valence-electron chi connectivity index (χ3n) is 6.24. The van der Waals surface area contributed by atoms with Crippen molar-refractivity contribution in [1.29, 1.82) is 0 Å². The van der Waals surface area contributed by atoms with Crippen molar-refractivity contribution in [3.63, 3.8) is 0 Å². The van der Waals surface area contributed by atoms with Crippen LogP contribution in [0.1, 0.15) is 35.1 Å². The third kappa shape index (κ3) is 5.44. The van der Waals surface area contributed by atoms with Crippen molar-refractivity contribution in [1.82, 2.24) is 19.7 Å². The number of anilines is 1. The lowest BCUT2D eigenvalue weighted by atomic mass is 10.0. The highest BCUT2D eigenvalue weighted by atomic mass is 32.1. The first-order valence-corrected chi connectivity index (χ1v) is 12.9. The van der Waals surface area contributed by atoms with E-state index in [4.69, 9.17) is 9.84 Å². The number of carbonyl (C=O) groups excluding carboxylic acids is 1. The summed E-state index contributed by atoms with van der Waals surface area (Å²) in [6.45, 7) is 5.39. The number of rotatable bonds is 8. The fourth-order valence-corrected chi connectivity index (χ4v) is 5.09. The normalized spacial score (nSPS) is 14.7. The molecule has 1 aliphatic rings. The maximum absolute atomic E-state index is 13.5. The van der Waals surface area contributed by atoms with Crippen molar-refractivity contribution in [3.8, 4) is 11.4 Å². The van der Waals surface area contributed by atoms with E-state index in [2.05, 4.69) is 34.1 Å². The molecule has 0 atom stereocenters. The Balaban J connectivity index is 1.34. The monoisotopic (exact) mass is 487 g/mol. The molecule has 8 heteroatoms. The van der Waals surface area contributed by atoms with Crippen molar-refractivity contribution < 1.29 is 9.53 Å². The van der Waals surface area contributed by atoms with Crippen LogP contribution < -0.4 is 9.64 Å². The van der Waals surface area contributed by atoms with Crippen molar-refractivity contribution in [2.75, 3.05) is 24.6 Å². The van der Waals surface area contributed by atoms with E-state index in [1.807, 2.05) is 59.8 Å². The van der Waals surface area contributed by atoms with Crippen molar-refractivity contribution in [2.24, 2.45) is 0 Å². The Labute approximate surface area is 209 Å². The predicted octanol–water partition coefficient (Wildman–Crippen LogP) is 5.04. The van der Waals surface area contributed by atoms with Gasteiger partial charge in [0.25, 0.3) is 5.91 Å². The Bertz CT molecular complexity index is 1220. The van der Waals surface area contributed by atoms with Gasteiger partial charge in [0, 0.05) is 49.5 Å². The smallest absolute Gasteiger partial charge is 0.288 e. The summed E-state index contributed by atoms with van der Waals surface area (Å²) in [7, 11) is 0. The van der Waals surface area contributed by atoms with Crippen molar-refractivity contribution in [3.05, 3.63) is 89.0 Å². The molecular weight excluding hydrogens is 458 g/mol. The predicted molar refractivity (Wildman–Crippen MR) is 138 cm³/mol. The fourth-order valence-electron chi connectivity index (χ4n) is 4.51. The van der Waals surface area contributed by atoms with Gasteiger partial charge in [0.05, 0.1) is 12.3 Å². The molecule has 3 heterocycles. The first kappa shape index (κ1) is 23.3. The molecule has 7 nitrogen and oxygen atoms in total. The quantitative estimate of drug-likeness (QED) is 0.348. The van der Waals surface area contributed by atoms with E-state index in [0.717, 1.165) is 43.9 Å². The van der Waals surface area contributed by atoms with Crippen LogP contribution >= 0.6 is 11.3 Å². The van der Waals surface area contributed by atoms with E-state index in [0.29, 0.717) is 17.4 Å². The van der Waals surface area contributed by atoms with E-state index < -0.39 is 0 Å². The van der Waals surface area contributed by atoms with Gasteiger partial charge in [-0.15, -0.1) is 16.4 Å². The summed E-state index contributed by atoms with van der Waals surface area (Å²) < 4.78 is 7.35. The average Bonchev–Trinajstić information content (AvgIpc) is 3.60. The van der Waals surface area contributed by atoms with Crippen LogP contribution in [0.4, 0.5) is 5.82 Å². The molecule has 35 heavy (non-hydrogen) atoms. The third-order valence-corrected chi connectivity index (χ3v) is 7.00. The lowest BCUT2D eigenvalue weighted by Crippen LogP contribution is -2.47. The summed E-state index contributed by atoms with van der Waals surface area (Å²) in [6, 6.07) is 20.3. The Morgan fingerprint density at radius 2 is 1.86 bits per heavy atom. The van der Waals surface area contributed by atoms with Crippen LogP contribution in [-0.4, -0.2) is 51.3 Å². The van der Waals surface area contributed by atoms with Gasteiger partial charge in [-0.05, 0) is 49.6 Å². The number of nitrogens with zero attached hydrogens (tertiary/aromatic N) is 5. The molecule has 0 N–H and O–H groups in total. The second-order valence-corrected chi connectivity index (χ2v) is 9.45. The Kier molecular flexibility index (Phi) is 7.20. The lowest BCUT2D eigenvalue weighted by Gasteiger charge is -2.37. The van der Waals surface area contributed by atoms with E-state index in [-0.39, 0.29) is 11.9 Å². The van der Waals surface area contributed by atoms with Crippen LogP contribution in [-0.2, 0) is 6.54 Å². The Morgan fingerprint density at radius 3 is 2.54 bits per heavy atom. The molecular formula is C27H29N5O2S. The van der Waals surface area contributed by atoms with E-state index >= 15 is 0 Å². The largest absolute Gasteiger partial charge is 0.494 e. The molecule has 0 spiro atoms. The number of carbonyl (C=O) groups is 1. The number of ether oxygens (including phenoxy) is 1. The molecule has 4 aromatic rings. The zero-order valence-electron chi connectivity index (χ0n) is 19.8. The number of hydrogen-bond acceptors (Lipinski definition) is 6. The van der Waals surface area contributed by atoms with Crippen LogP contribution in [0, 0.1) is 0 Å². The zero-order valence-corrected chi connectivity index (χ0v) is 20.6. The SMILES string of the molecule is CCOc1ccc(-n2ccc(N(C(=O)c3nccs3)C3CCN(Cc4ccccc4)CC3)n2)cc1. The molecule has 1 amide bonds. The van der Waals surface area contributed by atoms with Crippen LogP contribution in [0.5, 0.6) is 5.75 Å². The summed E-state index contributed by atoms with van der Waals surface area (Å²) in [4.78, 5) is 22.1. The Morgan fingerprint density at radius 1 is 1.09 bits per heavy atom. The standard InChI is InChI=1S/C27H29N5O2S/c1-2-34-24-10-8-22(9-11-24)31-18-14-25(29-31)32(27(33)26-28-15-19-35-26)23-12-16-30(17-13-23)20-21-6-4-3-5-7-21/h3-11,14-15,18-19,23H,2,12-13,16-17,20H2,1H3. The molecule has 5 rings (SSSR count). The molecule has 0 aliphatic carbocycles. The lowest BCUT2D eigenvalue weighted by molar-refractivity contribution is 0.0957. The Hall–Kier alpha value is -3.49. The maximum Gasteiger partial charge on any atom is 0.288 e. The van der Waals surface area contributed by atoms with Crippen LogP contribution in [0.3, 0.4) is 0 Å². The van der Waals surface area contributed by atoms with Gasteiger partial charge < -0.3 is 4.74 Å². The summed E-state index contributed by atoms with van der Waals surface area (Å²) in [5.74, 6) is 1.39. The van der Waals surface area contributed by atoms with Crippen molar-refractivity contribution >= 4 is 23.1 Å². The minimum absolute atomic E-state index is 0.0714. The van der Waals surface area contributed by atoms with Gasteiger partial charge in [0.1, 0.15) is 5.75 Å². The van der Waals surface area contributed by atoms with Gasteiger partial charge in [0.2, 0.25) is 0 Å². The van der Waals surface area contributed by atoms with E-state index in [1.54, 1.807) is 10.9 Å². The van der Waals surface area contributed by atoms with Crippen LogP contribution in [0.15, 0.2) is 78.4 Å². The van der Waals surface area contributed by atoms with Crippen molar-refractivity contribution in [2.45, 2.75) is 32.4 Å². The van der Waals surface area contributed by atoms with Crippen LogP contribution in [0.25, 0.3) is 5.69 Å². The number of benzene rings is 2. The van der Waals surface area contributed by atoms with Gasteiger partial charge in [0.15, 0.2) is 10.8 Å². The summed E-state index contributed by atoms with van der Waals surface area (Å²) in [5, 5.41) is 7.13. The molecule has 1 aliphatic heterocycles. The second-order valence-electron chi connectivity index (χ2n) is 8.55. The number of amides is 1. The molecule has 1 fully saturated rings. The number of hydrogen-bond donors (Lipinski definition) is 0. The van der Waals surface area contributed by atoms with E-state index in [9.17, 15) is 4.79 Å². The molecule has 2 aromatic carbocycles. The fraction of sp³-hybridized carbons (Fsp3) is 0.296. The van der Waals surface area contributed by atoms with Crippen LogP contribution in [0.2, 0.25) is 0 Å². The van der Waals surface area contributed by atoms with Gasteiger partial charge in [-0.1, -0.05) is 30.3 Å². The first-order valence-electron chi connectivity index (χ1n) is 12.0. The molecule has 180 valence electrons. The molecule has 0 saturated carbocycles. The number of aromatic nitrogens is 3. The van der Waals surface area contributed by atoms with Gasteiger partial charge >= 0.3 is 0 Å². The molecule has 0 radical (unpaired) electrons. The minimum atomic E-state index is -0.0848. The molecule has 0 bridgehead atoms. The minimum Gasteiger partial charge on any atom is -0.494 e. The van der Waals surface area contributed by atoms with E-state index in [1.165, 1.54) is 16.9 Å². The molecule has 2 aromatic heterocycles.